The number of carboxylic acids is 1. The highest BCUT2D eigenvalue weighted by Crippen LogP contribution is 2.09. The Morgan fingerprint density at radius 3 is 2.76 bits per heavy atom. The van der Waals surface area contributed by atoms with E-state index in [9.17, 15) is 9.59 Å². The van der Waals surface area contributed by atoms with Crippen LogP contribution in [0.5, 0.6) is 0 Å². The molecule has 1 aromatic heterocycles. The minimum absolute atomic E-state index is 0.116. The molecule has 0 aromatic carbocycles. The van der Waals surface area contributed by atoms with Crippen LogP contribution in [0.3, 0.4) is 0 Å². The van der Waals surface area contributed by atoms with Crippen molar-refractivity contribution in [2.75, 3.05) is 11.9 Å². The van der Waals surface area contributed by atoms with E-state index in [2.05, 4.69) is 4.98 Å². The molecule has 0 saturated heterocycles. The molecule has 6 heteroatoms. The van der Waals surface area contributed by atoms with Gasteiger partial charge in [-0.05, 0) is 18.6 Å². The van der Waals surface area contributed by atoms with Crippen molar-refractivity contribution >= 4 is 17.7 Å². The molecule has 0 aliphatic heterocycles. The summed E-state index contributed by atoms with van der Waals surface area (Å²) in [5.41, 5.74) is 5.62. The normalized spacial score (nSPS) is 11.9. The van der Waals surface area contributed by atoms with Crippen molar-refractivity contribution < 1.29 is 14.7 Å². The third-order valence-electron chi connectivity index (χ3n) is 2.31. The number of aliphatic carboxylic acids is 1. The summed E-state index contributed by atoms with van der Waals surface area (Å²) in [5, 5.41) is 8.51. The summed E-state index contributed by atoms with van der Waals surface area (Å²) in [6.45, 7) is 0. The molecule has 1 atom stereocenters. The third kappa shape index (κ3) is 3.84. The van der Waals surface area contributed by atoms with Gasteiger partial charge < -0.3 is 10.8 Å². The van der Waals surface area contributed by atoms with Gasteiger partial charge in [0.05, 0.1) is 6.04 Å². The lowest BCUT2D eigenvalue weighted by molar-refractivity contribution is -0.137. The molecule has 0 aliphatic rings. The molecule has 1 unspecified atom stereocenters. The maximum absolute atomic E-state index is 11.8. The van der Waals surface area contributed by atoms with Crippen molar-refractivity contribution in [3.8, 4) is 0 Å². The van der Waals surface area contributed by atoms with Crippen LogP contribution in [-0.4, -0.2) is 35.1 Å². The van der Waals surface area contributed by atoms with E-state index in [-0.39, 0.29) is 18.7 Å². The minimum atomic E-state index is -0.964. The van der Waals surface area contributed by atoms with Crippen LogP contribution in [0.4, 0.5) is 5.82 Å². The van der Waals surface area contributed by atoms with Gasteiger partial charge in [0.25, 0.3) is 0 Å². The van der Waals surface area contributed by atoms with Crippen molar-refractivity contribution in [1.82, 2.24) is 4.98 Å². The molecule has 0 aliphatic carbocycles. The zero-order valence-electron chi connectivity index (χ0n) is 9.54. The molecule has 3 N–H and O–H groups in total. The summed E-state index contributed by atoms with van der Waals surface area (Å²) in [7, 11) is 1.56. The summed E-state index contributed by atoms with van der Waals surface area (Å²) in [6, 6.07) is 4.36. The summed E-state index contributed by atoms with van der Waals surface area (Å²) in [4.78, 5) is 27.5. The van der Waals surface area contributed by atoms with Gasteiger partial charge in [-0.2, -0.15) is 0 Å². The lowest BCUT2D eigenvalue weighted by Gasteiger charge is -2.19. The first-order valence-electron chi connectivity index (χ1n) is 5.18. The first kappa shape index (κ1) is 13.1. The van der Waals surface area contributed by atoms with Gasteiger partial charge in [-0.1, -0.05) is 6.07 Å². The molecule has 1 aromatic rings. The maximum Gasteiger partial charge on any atom is 0.303 e. The van der Waals surface area contributed by atoms with Gasteiger partial charge >= 0.3 is 5.97 Å². The molecule has 0 saturated carbocycles. The summed E-state index contributed by atoms with van der Waals surface area (Å²) in [5.74, 6) is -0.818. The van der Waals surface area contributed by atoms with Gasteiger partial charge in [-0.15, -0.1) is 0 Å². The maximum atomic E-state index is 11.8. The highest BCUT2D eigenvalue weighted by molar-refractivity contribution is 5.95. The Morgan fingerprint density at radius 1 is 1.53 bits per heavy atom. The van der Waals surface area contributed by atoms with Gasteiger partial charge in [0.2, 0.25) is 5.91 Å². The second-order valence-corrected chi connectivity index (χ2v) is 3.62. The average Bonchev–Trinajstić information content (AvgIpc) is 2.35. The van der Waals surface area contributed by atoms with E-state index in [0.29, 0.717) is 5.82 Å². The fourth-order valence-corrected chi connectivity index (χ4v) is 1.32. The van der Waals surface area contributed by atoms with Crippen LogP contribution < -0.4 is 10.6 Å². The largest absolute Gasteiger partial charge is 0.481 e. The van der Waals surface area contributed by atoms with E-state index in [4.69, 9.17) is 10.8 Å². The molecule has 6 nitrogen and oxygen atoms in total. The van der Waals surface area contributed by atoms with E-state index >= 15 is 0 Å². The van der Waals surface area contributed by atoms with E-state index in [0.717, 1.165) is 0 Å². The molecule has 1 heterocycles. The van der Waals surface area contributed by atoms with Crippen LogP contribution >= 0.6 is 0 Å². The Morgan fingerprint density at radius 2 is 2.24 bits per heavy atom. The fraction of sp³-hybridized carbons (Fsp3) is 0.364. The minimum Gasteiger partial charge on any atom is -0.481 e. The highest BCUT2D eigenvalue weighted by Gasteiger charge is 2.20. The van der Waals surface area contributed by atoms with Gasteiger partial charge in [-0.3, -0.25) is 14.5 Å². The number of carboxylic acid groups (broad SMARTS) is 1. The molecule has 92 valence electrons. The standard InChI is InChI=1S/C11H15N3O3/c1-14(9-4-2-3-7-13-9)11(17)8(12)5-6-10(15)16/h2-4,7-8H,5-6,12H2,1H3,(H,15,16). The van der Waals surface area contributed by atoms with Crippen LogP contribution in [0.2, 0.25) is 0 Å². The van der Waals surface area contributed by atoms with E-state index in [1.807, 2.05) is 0 Å². The number of aromatic nitrogens is 1. The van der Waals surface area contributed by atoms with Gasteiger partial charge in [0.1, 0.15) is 5.82 Å². The predicted octanol–water partition coefficient (Wildman–Crippen LogP) is 0.236. The van der Waals surface area contributed by atoms with Crippen molar-refractivity contribution in [2.45, 2.75) is 18.9 Å². The zero-order valence-corrected chi connectivity index (χ0v) is 9.54. The Labute approximate surface area is 99.1 Å². The fourth-order valence-electron chi connectivity index (χ4n) is 1.32. The molecular formula is C11H15N3O3. The Hall–Kier alpha value is -1.95. The second-order valence-electron chi connectivity index (χ2n) is 3.62. The summed E-state index contributed by atoms with van der Waals surface area (Å²) < 4.78 is 0. The second kappa shape index (κ2) is 5.95. The van der Waals surface area contributed by atoms with Crippen LogP contribution in [0.25, 0.3) is 0 Å². The number of amides is 1. The molecule has 17 heavy (non-hydrogen) atoms. The average molecular weight is 237 g/mol. The van der Waals surface area contributed by atoms with Gasteiger partial charge in [0, 0.05) is 19.7 Å². The Bertz CT molecular complexity index is 394. The molecule has 1 rings (SSSR count). The third-order valence-corrected chi connectivity index (χ3v) is 2.31. The number of likely N-dealkylation sites (N-methyl/N-ethyl adjacent to an activating group) is 1. The number of pyridine rings is 1. The molecule has 0 fully saturated rings. The van der Waals surface area contributed by atoms with E-state index in [1.54, 1.807) is 31.4 Å². The van der Waals surface area contributed by atoms with E-state index < -0.39 is 12.0 Å². The van der Waals surface area contributed by atoms with Crippen LogP contribution in [0.1, 0.15) is 12.8 Å². The van der Waals surface area contributed by atoms with Crippen molar-refractivity contribution in [1.29, 1.82) is 0 Å². The molecule has 0 bridgehead atoms. The summed E-state index contributed by atoms with van der Waals surface area (Å²) in [6.07, 6.45) is 1.57. The van der Waals surface area contributed by atoms with Crippen molar-refractivity contribution in [2.24, 2.45) is 5.73 Å². The van der Waals surface area contributed by atoms with E-state index in [1.165, 1.54) is 4.90 Å². The number of anilines is 1. The number of nitrogens with zero attached hydrogens (tertiary/aromatic N) is 2. The first-order valence-corrected chi connectivity index (χ1v) is 5.18. The highest BCUT2D eigenvalue weighted by atomic mass is 16.4. The number of hydrogen-bond acceptors (Lipinski definition) is 4. The Balaban J connectivity index is 2.60. The lowest BCUT2D eigenvalue weighted by atomic mass is 10.1. The van der Waals surface area contributed by atoms with Gasteiger partial charge in [-0.25, -0.2) is 4.98 Å². The quantitative estimate of drug-likeness (QED) is 0.764. The topological polar surface area (TPSA) is 96.5 Å². The van der Waals surface area contributed by atoms with Crippen molar-refractivity contribution in [3.05, 3.63) is 24.4 Å². The number of carbonyl (C=O) groups is 2. The van der Waals surface area contributed by atoms with Gasteiger partial charge in [0.15, 0.2) is 0 Å². The molecular weight excluding hydrogens is 222 g/mol. The lowest BCUT2D eigenvalue weighted by Crippen LogP contribution is -2.42. The van der Waals surface area contributed by atoms with Crippen LogP contribution in [0.15, 0.2) is 24.4 Å². The number of carbonyl (C=O) groups excluding carboxylic acids is 1. The summed E-state index contributed by atoms with van der Waals surface area (Å²) >= 11 is 0. The Kier molecular flexibility index (Phi) is 4.59. The number of nitrogens with two attached hydrogens (primary N) is 1. The molecule has 1 amide bonds. The first-order chi connectivity index (χ1) is 8.02. The van der Waals surface area contributed by atoms with Crippen molar-refractivity contribution in [3.63, 3.8) is 0 Å². The van der Waals surface area contributed by atoms with Crippen LogP contribution in [-0.2, 0) is 9.59 Å². The zero-order chi connectivity index (χ0) is 12.8. The molecule has 0 spiro atoms. The molecule has 0 radical (unpaired) electrons. The predicted molar refractivity (Wildman–Crippen MR) is 62.5 cm³/mol. The smallest absolute Gasteiger partial charge is 0.303 e. The number of hydrogen-bond donors (Lipinski definition) is 2. The van der Waals surface area contributed by atoms with Crippen LogP contribution in [0, 0.1) is 0 Å². The monoisotopic (exact) mass is 237 g/mol. The SMILES string of the molecule is CN(C(=O)C(N)CCC(=O)O)c1ccccn1. The number of rotatable bonds is 5.